The van der Waals surface area contributed by atoms with Crippen molar-refractivity contribution in [3.05, 3.63) is 54.5 Å². The van der Waals surface area contributed by atoms with E-state index in [1.54, 1.807) is 35.1 Å². The lowest BCUT2D eigenvalue weighted by Gasteiger charge is -2.09. The molecule has 9 heteroatoms. The van der Waals surface area contributed by atoms with Crippen LogP contribution in [0.15, 0.2) is 53.6 Å². The van der Waals surface area contributed by atoms with Crippen LogP contribution in [-0.2, 0) is 16.6 Å². The molecule has 3 rings (SSSR count). The highest BCUT2D eigenvalue weighted by Crippen LogP contribution is 2.35. The van der Waals surface area contributed by atoms with Crippen LogP contribution < -0.4 is 9.88 Å². The van der Waals surface area contributed by atoms with Crippen LogP contribution in [-0.4, -0.2) is 37.0 Å². The average Bonchev–Trinajstić information content (AvgIpc) is 3.09. The number of nitrogens with zero attached hydrogens (tertiary/aromatic N) is 2. The van der Waals surface area contributed by atoms with E-state index < -0.39 is 15.8 Å². The fraction of sp³-hybridized carbons (Fsp3) is 0.211. The normalized spacial score (nSPS) is 11.6. The molecular weight excluding hydrogens is 385 g/mol. The van der Waals surface area contributed by atoms with Gasteiger partial charge in [-0.2, -0.15) is 5.10 Å². The average molecular weight is 405 g/mol. The van der Waals surface area contributed by atoms with Gasteiger partial charge in [-0.05, 0) is 30.2 Å². The van der Waals surface area contributed by atoms with Crippen LogP contribution in [0.2, 0.25) is 0 Å². The van der Waals surface area contributed by atoms with Crippen LogP contribution in [0.4, 0.5) is 4.39 Å². The summed E-state index contributed by atoms with van der Waals surface area (Å²) < 4.78 is 44.8. The standard InChI is InChI=1S/C19H20FN3O4S/c1-27-17-8-7-13(11-16(17)20)15-12-23(9-4-10-24)22-19(15)14-5-2-3-6-18(14)28(21,25)26/h2-3,5-8,11-12,24H,4,9-10H2,1H3,(H2,21,25,26). The molecule has 28 heavy (non-hydrogen) atoms. The molecule has 0 spiro atoms. The number of aryl methyl sites for hydroxylation is 1. The summed E-state index contributed by atoms with van der Waals surface area (Å²) in [5, 5.41) is 18.9. The molecule has 0 unspecified atom stereocenters. The van der Waals surface area contributed by atoms with E-state index in [0.717, 1.165) is 0 Å². The number of benzene rings is 2. The fourth-order valence-electron chi connectivity index (χ4n) is 2.92. The third-order valence-electron chi connectivity index (χ3n) is 4.22. The SMILES string of the molecule is COc1ccc(-c2cn(CCCO)nc2-c2ccccc2S(N)(=O)=O)cc1F. The predicted molar refractivity (Wildman–Crippen MR) is 103 cm³/mol. The summed E-state index contributed by atoms with van der Waals surface area (Å²) in [7, 11) is -2.62. The minimum absolute atomic E-state index is 0.0184. The zero-order valence-corrected chi connectivity index (χ0v) is 16.0. The van der Waals surface area contributed by atoms with Gasteiger partial charge in [-0.3, -0.25) is 4.68 Å². The lowest BCUT2D eigenvalue weighted by Crippen LogP contribution is -2.13. The van der Waals surface area contributed by atoms with Crippen molar-refractivity contribution in [2.75, 3.05) is 13.7 Å². The highest BCUT2D eigenvalue weighted by molar-refractivity contribution is 7.89. The molecule has 2 aromatic carbocycles. The van der Waals surface area contributed by atoms with E-state index >= 15 is 0 Å². The van der Waals surface area contributed by atoms with Gasteiger partial charge in [0.15, 0.2) is 11.6 Å². The van der Waals surface area contributed by atoms with Gasteiger partial charge in [0.25, 0.3) is 0 Å². The van der Waals surface area contributed by atoms with Gasteiger partial charge >= 0.3 is 0 Å². The van der Waals surface area contributed by atoms with E-state index in [9.17, 15) is 12.8 Å². The fourth-order valence-corrected chi connectivity index (χ4v) is 3.66. The first kappa shape index (κ1) is 20.0. The van der Waals surface area contributed by atoms with Crippen molar-refractivity contribution < 1.29 is 22.7 Å². The summed E-state index contributed by atoms with van der Waals surface area (Å²) in [5.41, 5.74) is 1.72. The quantitative estimate of drug-likeness (QED) is 0.628. The number of sulfonamides is 1. The lowest BCUT2D eigenvalue weighted by atomic mass is 10.0. The van der Waals surface area contributed by atoms with Crippen LogP contribution >= 0.6 is 0 Å². The molecule has 0 aliphatic rings. The van der Waals surface area contributed by atoms with Gasteiger partial charge in [0.2, 0.25) is 10.0 Å². The molecular formula is C19H20FN3O4S. The number of ether oxygens (including phenoxy) is 1. The molecule has 0 radical (unpaired) electrons. The zero-order valence-electron chi connectivity index (χ0n) is 15.2. The minimum atomic E-state index is -3.99. The van der Waals surface area contributed by atoms with Gasteiger partial charge in [-0.25, -0.2) is 17.9 Å². The molecule has 1 aromatic heterocycles. The molecule has 1 heterocycles. The Morgan fingerprint density at radius 2 is 1.96 bits per heavy atom. The van der Waals surface area contributed by atoms with Crippen molar-refractivity contribution in [2.24, 2.45) is 5.14 Å². The molecule has 0 atom stereocenters. The summed E-state index contributed by atoms with van der Waals surface area (Å²) >= 11 is 0. The predicted octanol–water partition coefficient (Wildman–Crippen LogP) is 2.39. The lowest BCUT2D eigenvalue weighted by molar-refractivity contribution is 0.277. The third kappa shape index (κ3) is 4.06. The van der Waals surface area contributed by atoms with Crippen molar-refractivity contribution in [1.82, 2.24) is 9.78 Å². The summed E-state index contributed by atoms with van der Waals surface area (Å²) in [6, 6.07) is 10.7. The number of aromatic nitrogens is 2. The largest absolute Gasteiger partial charge is 0.494 e. The van der Waals surface area contributed by atoms with E-state index in [4.69, 9.17) is 15.0 Å². The Hall–Kier alpha value is -2.75. The number of halogens is 1. The van der Waals surface area contributed by atoms with Crippen molar-refractivity contribution in [3.63, 3.8) is 0 Å². The molecule has 0 amide bonds. The molecule has 0 fully saturated rings. The Morgan fingerprint density at radius 1 is 1.21 bits per heavy atom. The van der Waals surface area contributed by atoms with Gasteiger partial charge < -0.3 is 9.84 Å². The summed E-state index contributed by atoms with van der Waals surface area (Å²) in [6.45, 7) is 0.398. The third-order valence-corrected chi connectivity index (χ3v) is 5.19. The molecule has 0 saturated heterocycles. The smallest absolute Gasteiger partial charge is 0.238 e. The molecule has 3 aromatic rings. The van der Waals surface area contributed by atoms with E-state index in [2.05, 4.69) is 5.10 Å². The maximum atomic E-state index is 14.2. The highest BCUT2D eigenvalue weighted by Gasteiger charge is 2.21. The van der Waals surface area contributed by atoms with E-state index in [0.29, 0.717) is 35.3 Å². The van der Waals surface area contributed by atoms with Crippen LogP contribution in [0.3, 0.4) is 0 Å². The van der Waals surface area contributed by atoms with Crippen LogP contribution in [0, 0.1) is 5.82 Å². The number of methoxy groups -OCH3 is 1. The molecule has 7 nitrogen and oxygen atoms in total. The van der Waals surface area contributed by atoms with Gasteiger partial charge in [0.05, 0.1) is 12.0 Å². The molecule has 0 aliphatic heterocycles. The minimum Gasteiger partial charge on any atom is -0.494 e. The first-order valence-electron chi connectivity index (χ1n) is 8.49. The number of primary sulfonamides is 1. The van der Waals surface area contributed by atoms with Gasteiger partial charge in [-0.1, -0.05) is 24.3 Å². The second kappa shape index (κ2) is 8.09. The molecule has 0 bridgehead atoms. The first-order chi connectivity index (χ1) is 13.3. The van der Waals surface area contributed by atoms with Crippen molar-refractivity contribution in [3.8, 4) is 28.1 Å². The number of rotatable bonds is 7. The number of nitrogens with two attached hydrogens (primary N) is 1. The second-order valence-corrected chi connectivity index (χ2v) is 7.65. The zero-order chi connectivity index (χ0) is 20.3. The van der Waals surface area contributed by atoms with Gasteiger partial charge in [0.1, 0.15) is 5.69 Å². The number of hydrogen-bond donors (Lipinski definition) is 2. The topological polar surface area (TPSA) is 107 Å². The van der Waals surface area contributed by atoms with Gasteiger partial charge in [0, 0.05) is 30.5 Å². The van der Waals surface area contributed by atoms with E-state index in [1.807, 2.05) is 0 Å². The maximum absolute atomic E-state index is 14.2. The highest BCUT2D eigenvalue weighted by atomic mass is 32.2. The molecule has 0 saturated carbocycles. The molecule has 148 valence electrons. The maximum Gasteiger partial charge on any atom is 0.238 e. The summed E-state index contributed by atoms with van der Waals surface area (Å²) in [5.74, 6) is -0.448. The Labute approximate surface area is 162 Å². The van der Waals surface area contributed by atoms with Crippen molar-refractivity contribution >= 4 is 10.0 Å². The Kier molecular flexibility index (Phi) is 5.78. The molecule has 0 aliphatic carbocycles. The van der Waals surface area contributed by atoms with Crippen molar-refractivity contribution in [2.45, 2.75) is 17.9 Å². The van der Waals surface area contributed by atoms with Crippen LogP contribution in [0.5, 0.6) is 5.75 Å². The van der Waals surface area contributed by atoms with Gasteiger partial charge in [-0.15, -0.1) is 0 Å². The monoisotopic (exact) mass is 405 g/mol. The number of hydrogen-bond acceptors (Lipinski definition) is 5. The Balaban J connectivity index is 2.22. The van der Waals surface area contributed by atoms with Crippen LogP contribution in [0.1, 0.15) is 6.42 Å². The van der Waals surface area contributed by atoms with Crippen LogP contribution in [0.25, 0.3) is 22.4 Å². The Morgan fingerprint density at radius 3 is 2.61 bits per heavy atom. The van der Waals surface area contributed by atoms with E-state index in [-0.39, 0.29) is 17.3 Å². The number of aliphatic hydroxyl groups excluding tert-OH is 1. The van der Waals surface area contributed by atoms with Crippen molar-refractivity contribution in [1.29, 1.82) is 0 Å². The first-order valence-corrected chi connectivity index (χ1v) is 10.0. The summed E-state index contributed by atoms with van der Waals surface area (Å²) in [4.78, 5) is -0.0716. The molecule has 3 N–H and O–H groups in total. The second-order valence-electron chi connectivity index (χ2n) is 6.12. The number of aliphatic hydroxyl groups is 1. The Bertz CT molecular complexity index is 1100. The summed E-state index contributed by atoms with van der Waals surface area (Å²) in [6.07, 6.45) is 2.15. The van der Waals surface area contributed by atoms with E-state index in [1.165, 1.54) is 25.3 Å².